The van der Waals surface area contributed by atoms with E-state index in [1.807, 2.05) is 0 Å². The molecule has 0 radical (unpaired) electrons. The Hall–Kier alpha value is -1.60. The first-order chi connectivity index (χ1) is 9.34. The molecule has 98 valence electrons. The standard InChI is InChI=1S/C18H21N/c1-19-13-7-11-16-10-5-6-12-17(16)18(19)14-15-8-3-2-4-9-15/h2-6,8-10,12,18H,7,11,13-14H2,1H3. The third-order valence-electron chi connectivity index (χ3n) is 4.17. The first kappa shape index (κ1) is 12.4. The zero-order valence-electron chi connectivity index (χ0n) is 11.5. The molecule has 0 N–H and O–H groups in total. The highest BCUT2D eigenvalue weighted by Crippen LogP contribution is 2.30. The van der Waals surface area contributed by atoms with Gasteiger partial charge in [-0.3, -0.25) is 4.90 Å². The van der Waals surface area contributed by atoms with Gasteiger partial charge in [0, 0.05) is 6.04 Å². The molecule has 1 aliphatic rings. The van der Waals surface area contributed by atoms with Gasteiger partial charge in [0.15, 0.2) is 0 Å². The molecule has 0 saturated carbocycles. The largest absolute Gasteiger partial charge is 0.299 e. The molecule has 0 saturated heterocycles. The summed E-state index contributed by atoms with van der Waals surface area (Å²) in [5.41, 5.74) is 4.48. The van der Waals surface area contributed by atoms with E-state index in [0.29, 0.717) is 6.04 Å². The van der Waals surface area contributed by atoms with Crippen LogP contribution >= 0.6 is 0 Å². The van der Waals surface area contributed by atoms with E-state index in [2.05, 4.69) is 66.5 Å². The van der Waals surface area contributed by atoms with Crippen LogP contribution in [-0.4, -0.2) is 18.5 Å². The van der Waals surface area contributed by atoms with Gasteiger partial charge in [-0.25, -0.2) is 0 Å². The summed E-state index contributed by atoms with van der Waals surface area (Å²) in [7, 11) is 2.26. The monoisotopic (exact) mass is 251 g/mol. The van der Waals surface area contributed by atoms with Crippen molar-refractivity contribution >= 4 is 0 Å². The lowest BCUT2D eigenvalue weighted by Gasteiger charge is -2.27. The summed E-state index contributed by atoms with van der Waals surface area (Å²) < 4.78 is 0. The van der Waals surface area contributed by atoms with Gasteiger partial charge in [-0.15, -0.1) is 0 Å². The average molecular weight is 251 g/mol. The van der Waals surface area contributed by atoms with Crippen LogP contribution < -0.4 is 0 Å². The summed E-state index contributed by atoms with van der Waals surface area (Å²) >= 11 is 0. The van der Waals surface area contributed by atoms with Gasteiger partial charge in [-0.1, -0.05) is 54.6 Å². The second kappa shape index (κ2) is 5.58. The molecule has 0 aromatic heterocycles. The molecule has 1 aliphatic heterocycles. The number of likely N-dealkylation sites (N-methyl/N-ethyl adjacent to an activating group) is 1. The summed E-state index contributed by atoms with van der Waals surface area (Å²) in [6.45, 7) is 1.19. The third-order valence-corrected chi connectivity index (χ3v) is 4.17. The van der Waals surface area contributed by atoms with E-state index < -0.39 is 0 Å². The number of nitrogens with zero attached hydrogens (tertiary/aromatic N) is 1. The molecular weight excluding hydrogens is 230 g/mol. The second-order valence-corrected chi connectivity index (χ2v) is 5.49. The summed E-state index contributed by atoms with van der Waals surface area (Å²) in [4.78, 5) is 2.51. The lowest BCUT2D eigenvalue weighted by molar-refractivity contribution is 0.249. The lowest BCUT2D eigenvalue weighted by Crippen LogP contribution is -2.26. The van der Waals surface area contributed by atoms with Crippen molar-refractivity contribution in [3.8, 4) is 0 Å². The molecule has 1 heterocycles. The van der Waals surface area contributed by atoms with E-state index >= 15 is 0 Å². The van der Waals surface area contributed by atoms with E-state index in [-0.39, 0.29) is 0 Å². The fourth-order valence-corrected chi connectivity index (χ4v) is 3.10. The van der Waals surface area contributed by atoms with Crippen LogP contribution in [0, 0.1) is 0 Å². The molecule has 1 heteroatoms. The minimum atomic E-state index is 0.515. The molecule has 0 bridgehead atoms. The summed E-state index contributed by atoms with van der Waals surface area (Å²) in [6.07, 6.45) is 3.58. The molecule has 2 aromatic carbocycles. The van der Waals surface area contributed by atoms with E-state index in [0.717, 1.165) is 6.42 Å². The number of hydrogen-bond donors (Lipinski definition) is 0. The number of benzene rings is 2. The Kier molecular flexibility index (Phi) is 3.65. The lowest BCUT2D eigenvalue weighted by atomic mass is 9.94. The zero-order chi connectivity index (χ0) is 13.1. The fourth-order valence-electron chi connectivity index (χ4n) is 3.10. The third kappa shape index (κ3) is 2.71. The van der Waals surface area contributed by atoms with Crippen LogP contribution in [0.4, 0.5) is 0 Å². The van der Waals surface area contributed by atoms with Gasteiger partial charge in [-0.05, 0) is 49.5 Å². The molecule has 0 amide bonds. The van der Waals surface area contributed by atoms with E-state index in [1.165, 1.54) is 36.1 Å². The van der Waals surface area contributed by atoms with E-state index in [4.69, 9.17) is 0 Å². The van der Waals surface area contributed by atoms with Crippen molar-refractivity contribution < 1.29 is 0 Å². The summed E-state index contributed by atoms with van der Waals surface area (Å²) in [5, 5.41) is 0. The van der Waals surface area contributed by atoms with Gasteiger partial charge in [0.25, 0.3) is 0 Å². The van der Waals surface area contributed by atoms with Crippen LogP contribution in [0.1, 0.15) is 29.2 Å². The molecule has 1 unspecified atom stereocenters. The molecule has 1 nitrogen and oxygen atoms in total. The highest BCUT2D eigenvalue weighted by atomic mass is 15.1. The normalized spacial score (nSPS) is 19.7. The maximum absolute atomic E-state index is 2.51. The van der Waals surface area contributed by atoms with E-state index in [9.17, 15) is 0 Å². The number of fused-ring (bicyclic) bond motifs is 1. The van der Waals surface area contributed by atoms with Gasteiger partial charge in [-0.2, -0.15) is 0 Å². The van der Waals surface area contributed by atoms with Crippen molar-refractivity contribution in [2.75, 3.05) is 13.6 Å². The van der Waals surface area contributed by atoms with Crippen LogP contribution in [0.3, 0.4) is 0 Å². The Morgan fingerprint density at radius 2 is 1.74 bits per heavy atom. The average Bonchev–Trinajstić information content (AvgIpc) is 2.61. The molecule has 0 fully saturated rings. The minimum absolute atomic E-state index is 0.515. The van der Waals surface area contributed by atoms with Crippen LogP contribution in [0.25, 0.3) is 0 Å². The summed E-state index contributed by atoms with van der Waals surface area (Å²) in [5.74, 6) is 0. The molecular formula is C18H21N. The number of rotatable bonds is 2. The smallest absolute Gasteiger partial charge is 0.0388 e. The molecule has 0 spiro atoms. The van der Waals surface area contributed by atoms with E-state index in [1.54, 1.807) is 0 Å². The minimum Gasteiger partial charge on any atom is -0.299 e. The molecule has 19 heavy (non-hydrogen) atoms. The topological polar surface area (TPSA) is 3.24 Å². The van der Waals surface area contributed by atoms with Crippen molar-refractivity contribution in [2.24, 2.45) is 0 Å². The highest BCUT2D eigenvalue weighted by Gasteiger charge is 2.22. The van der Waals surface area contributed by atoms with Crippen LogP contribution in [-0.2, 0) is 12.8 Å². The van der Waals surface area contributed by atoms with Crippen molar-refractivity contribution in [3.63, 3.8) is 0 Å². The highest BCUT2D eigenvalue weighted by molar-refractivity contribution is 5.33. The Labute approximate surface area is 115 Å². The van der Waals surface area contributed by atoms with Crippen LogP contribution in [0.5, 0.6) is 0 Å². The fraction of sp³-hybridized carbons (Fsp3) is 0.333. The Morgan fingerprint density at radius 3 is 2.58 bits per heavy atom. The van der Waals surface area contributed by atoms with Gasteiger partial charge < -0.3 is 0 Å². The number of hydrogen-bond acceptors (Lipinski definition) is 1. The molecule has 1 atom stereocenters. The van der Waals surface area contributed by atoms with Crippen molar-refractivity contribution in [3.05, 3.63) is 71.3 Å². The number of aryl methyl sites for hydroxylation is 1. The van der Waals surface area contributed by atoms with Crippen LogP contribution in [0.15, 0.2) is 54.6 Å². The van der Waals surface area contributed by atoms with Crippen molar-refractivity contribution in [1.82, 2.24) is 4.90 Å². The van der Waals surface area contributed by atoms with Gasteiger partial charge in [0.2, 0.25) is 0 Å². The molecule has 2 aromatic rings. The van der Waals surface area contributed by atoms with Crippen molar-refractivity contribution in [2.45, 2.75) is 25.3 Å². The quantitative estimate of drug-likeness (QED) is 0.783. The Bertz CT molecular complexity index is 532. The van der Waals surface area contributed by atoms with Crippen molar-refractivity contribution in [1.29, 1.82) is 0 Å². The van der Waals surface area contributed by atoms with Gasteiger partial charge in [0.1, 0.15) is 0 Å². The van der Waals surface area contributed by atoms with Gasteiger partial charge >= 0.3 is 0 Å². The first-order valence-electron chi connectivity index (χ1n) is 7.16. The molecule has 0 aliphatic carbocycles. The maximum atomic E-state index is 2.51. The predicted molar refractivity (Wildman–Crippen MR) is 80.3 cm³/mol. The molecule has 3 rings (SSSR count). The zero-order valence-corrected chi connectivity index (χ0v) is 11.5. The predicted octanol–water partition coefficient (Wildman–Crippen LogP) is 3.85. The van der Waals surface area contributed by atoms with Gasteiger partial charge in [0.05, 0.1) is 0 Å². The maximum Gasteiger partial charge on any atom is 0.0388 e. The summed E-state index contributed by atoms with van der Waals surface area (Å²) in [6, 6.07) is 20.3. The SMILES string of the molecule is CN1CCCc2ccccc2C1Cc1ccccc1. The second-order valence-electron chi connectivity index (χ2n) is 5.49. The van der Waals surface area contributed by atoms with Crippen LogP contribution in [0.2, 0.25) is 0 Å². The Morgan fingerprint density at radius 1 is 1.00 bits per heavy atom. The Balaban J connectivity index is 1.93. The first-order valence-corrected chi connectivity index (χ1v) is 7.16.